The van der Waals surface area contributed by atoms with E-state index in [0.29, 0.717) is 16.1 Å². The molecule has 1 aromatic carbocycles. The number of aromatic nitrogens is 1. The van der Waals surface area contributed by atoms with Crippen molar-refractivity contribution < 1.29 is 9.53 Å². The van der Waals surface area contributed by atoms with Crippen LogP contribution < -0.4 is 0 Å². The van der Waals surface area contributed by atoms with E-state index in [1.54, 1.807) is 18.2 Å². The molecule has 0 saturated heterocycles. The lowest BCUT2D eigenvalue weighted by Crippen LogP contribution is -2.04. The number of carbonyl (C=O) groups excluding carboxylic acids is 1. The van der Waals surface area contributed by atoms with E-state index >= 15 is 0 Å². The minimum atomic E-state index is -0.428. The molecule has 19 heavy (non-hydrogen) atoms. The van der Waals surface area contributed by atoms with Crippen LogP contribution in [0.1, 0.15) is 21.5 Å². The van der Waals surface area contributed by atoms with Crippen LogP contribution in [0.3, 0.4) is 0 Å². The summed E-state index contributed by atoms with van der Waals surface area (Å²) in [5.41, 5.74) is 1.74. The Morgan fingerprint density at radius 2 is 1.95 bits per heavy atom. The molecular weight excluding hydrogens is 262 g/mol. The molecule has 3 nitrogen and oxygen atoms in total. The Morgan fingerprint density at radius 1 is 1.21 bits per heavy atom. The van der Waals surface area contributed by atoms with E-state index in [1.165, 1.54) is 19.5 Å². The summed E-state index contributed by atoms with van der Waals surface area (Å²) in [6.45, 7) is 0. The van der Waals surface area contributed by atoms with Gasteiger partial charge < -0.3 is 4.74 Å². The Balaban J connectivity index is 2.34. The molecule has 0 atom stereocenters. The Kier molecular flexibility index (Phi) is 4.17. The first-order valence-corrected chi connectivity index (χ1v) is 5.88. The van der Waals surface area contributed by atoms with E-state index < -0.39 is 5.97 Å². The van der Waals surface area contributed by atoms with Gasteiger partial charge in [0.2, 0.25) is 0 Å². The fraction of sp³-hybridized carbons (Fsp3) is 0.0667. The molecule has 0 fully saturated rings. The number of halogens is 1. The first kappa shape index (κ1) is 13.1. The largest absolute Gasteiger partial charge is 0.465 e. The summed E-state index contributed by atoms with van der Waals surface area (Å²) in [6.07, 6.45) is 3.06. The average Bonchev–Trinajstić information content (AvgIpc) is 2.46. The highest BCUT2D eigenvalue weighted by molar-refractivity contribution is 6.30. The number of rotatable bonds is 1. The summed E-state index contributed by atoms with van der Waals surface area (Å²) in [7, 11) is 1.33. The Bertz CT molecular complexity index is 654. The zero-order valence-corrected chi connectivity index (χ0v) is 10.9. The number of hydrogen-bond donors (Lipinski definition) is 0. The molecule has 0 aliphatic rings. The number of methoxy groups -OCH3 is 1. The van der Waals surface area contributed by atoms with Crippen LogP contribution in [0, 0.1) is 11.8 Å². The van der Waals surface area contributed by atoms with Gasteiger partial charge in [-0.05, 0) is 30.3 Å². The lowest BCUT2D eigenvalue weighted by atomic mass is 10.1. The SMILES string of the molecule is COC(=O)c1ccncc1C#Cc1ccc(Cl)cc1. The van der Waals surface area contributed by atoms with Gasteiger partial charge in [0.05, 0.1) is 18.2 Å². The second kappa shape index (κ2) is 6.03. The number of ether oxygens (including phenoxy) is 1. The summed E-state index contributed by atoms with van der Waals surface area (Å²) in [5, 5.41) is 0.655. The van der Waals surface area contributed by atoms with E-state index in [9.17, 15) is 4.79 Å². The van der Waals surface area contributed by atoms with Gasteiger partial charge in [-0.15, -0.1) is 0 Å². The normalized spacial score (nSPS) is 9.37. The number of carbonyl (C=O) groups is 1. The van der Waals surface area contributed by atoms with Crippen LogP contribution >= 0.6 is 11.6 Å². The van der Waals surface area contributed by atoms with Crippen molar-refractivity contribution in [2.75, 3.05) is 7.11 Å². The first-order chi connectivity index (χ1) is 9.20. The van der Waals surface area contributed by atoms with Crippen LogP contribution in [-0.2, 0) is 4.74 Å². The van der Waals surface area contributed by atoms with Crippen molar-refractivity contribution in [3.05, 3.63) is 64.4 Å². The molecule has 2 aromatic rings. The fourth-order valence-corrected chi connectivity index (χ4v) is 1.58. The monoisotopic (exact) mass is 271 g/mol. The Morgan fingerprint density at radius 3 is 2.63 bits per heavy atom. The molecule has 0 unspecified atom stereocenters. The maximum Gasteiger partial charge on any atom is 0.339 e. The summed E-state index contributed by atoms with van der Waals surface area (Å²) < 4.78 is 4.69. The smallest absolute Gasteiger partial charge is 0.339 e. The van der Waals surface area contributed by atoms with Gasteiger partial charge >= 0.3 is 5.97 Å². The van der Waals surface area contributed by atoms with E-state index in [-0.39, 0.29) is 0 Å². The third-order valence-corrected chi connectivity index (χ3v) is 2.66. The standard InChI is InChI=1S/C15H10ClNO2/c1-19-15(18)14-8-9-17-10-12(14)5-2-11-3-6-13(16)7-4-11/h3-4,6-10H,1H3. The molecule has 0 aliphatic heterocycles. The van der Waals surface area contributed by atoms with Gasteiger partial charge in [-0.3, -0.25) is 4.98 Å². The molecule has 0 aliphatic carbocycles. The van der Waals surface area contributed by atoms with Crippen molar-refractivity contribution in [3.8, 4) is 11.8 Å². The topological polar surface area (TPSA) is 39.2 Å². The maximum atomic E-state index is 11.6. The lowest BCUT2D eigenvalue weighted by Gasteiger charge is -2.00. The van der Waals surface area contributed by atoms with E-state index in [0.717, 1.165) is 5.56 Å². The molecule has 0 amide bonds. The zero-order valence-electron chi connectivity index (χ0n) is 10.2. The molecule has 1 heterocycles. The van der Waals surface area contributed by atoms with Crippen LogP contribution in [0.15, 0.2) is 42.7 Å². The molecule has 0 N–H and O–H groups in total. The molecule has 0 bridgehead atoms. The van der Waals surface area contributed by atoms with Crippen molar-refractivity contribution in [2.24, 2.45) is 0 Å². The van der Waals surface area contributed by atoms with Crippen molar-refractivity contribution in [2.45, 2.75) is 0 Å². The predicted octanol–water partition coefficient (Wildman–Crippen LogP) is 2.92. The molecule has 1 aromatic heterocycles. The maximum absolute atomic E-state index is 11.6. The number of pyridine rings is 1. The molecule has 0 spiro atoms. The molecular formula is C15H10ClNO2. The number of benzene rings is 1. The first-order valence-electron chi connectivity index (χ1n) is 5.50. The van der Waals surface area contributed by atoms with E-state index in [1.807, 2.05) is 12.1 Å². The van der Waals surface area contributed by atoms with Crippen LogP contribution in [0.5, 0.6) is 0 Å². The summed E-state index contributed by atoms with van der Waals surface area (Å²) in [5.74, 6) is 5.43. The van der Waals surface area contributed by atoms with Gasteiger partial charge in [-0.25, -0.2) is 4.79 Å². The quantitative estimate of drug-likeness (QED) is 0.591. The second-order valence-corrected chi connectivity index (χ2v) is 4.11. The third kappa shape index (κ3) is 3.34. The molecule has 94 valence electrons. The molecule has 0 saturated carbocycles. The highest BCUT2D eigenvalue weighted by Gasteiger charge is 2.09. The summed E-state index contributed by atoms with van der Waals surface area (Å²) in [4.78, 5) is 15.5. The second-order valence-electron chi connectivity index (χ2n) is 3.67. The van der Waals surface area contributed by atoms with Gasteiger partial charge in [0, 0.05) is 23.0 Å². The zero-order chi connectivity index (χ0) is 13.7. The molecule has 2 rings (SSSR count). The highest BCUT2D eigenvalue weighted by atomic mass is 35.5. The van der Waals surface area contributed by atoms with Gasteiger partial charge in [0.25, 0.3) is 0 Å². The number of esters is 1. The number of nitrogens with zero attached hydrogens (tertiary/aromatic N) is 1. The van der Waals surface area contributed by atoms with E-state index in [4.69, 9.17) is 16.3 Å². The van der Waals surface area contributed by atoms with Crippen LogP contribution in [0.25, 0.3) is 0 Å². The van der Waals surface area contributed by atoms with Crippen molar-refractivity contribution in [1.82, 2.24) is 4.98 Å². The minimum Gasteiger partial charge on any atom is -0.465 e. The molecule has 0 radical (unpaired) electrons. The number of hydrogen-bond acceptors (Lipinski definition) is 3. The van der Waals surface area contributed by atoms with Crippen molar-refractivity contribution >= 4 is 17.6 Å². The van der Waals surface area contributed by atoms with E-state index in [2.05, 4.69) is 16.8 Å². The van der Waals surface area contributed by atoms with Crippen LogP contribution in [0.4, 0.5) is 0 Å². The summed E-state index contributed by atoms with van der Waals surface area (Å²) >= 11 is 5.80. The fourth-order valence-electron chi connectivity index (χ4n) is 1.45. The highest BCUT2D eigenvalue weighted by Crippen LogP contribution is 2.10. The Hall–Kier alpha value is -2.31. The van der Waals surface area contributed by atoms with Gasteiger partial charge in [0.1, 0.15) is 0 Å². The third-order valence-electron chi connectivity index (χ3n) is 2.41. The average molecular weight is 272 g/mol. The van der Waals surface area contributed by atoms with Gasteiger partial charge in [-0.2, -0.15) is 0 Å². The van der Waals surface area contributed by atoms with Crippen molar-refractivity contribution in [1.29, 1.82) is 0 Å². The minimum absolute atomic E-state index is 0.402. The van der Waals surface area contributed by atoms with Crippen molar-refractivity contribution in [3.63, 3.8) is 0 Å². The van der Waals surface area contributed by atoms with Crippen LogP contribution in [0.2, 0.25) is 5.02 Å². The van der Waals surface area contributed by atoms with Gasteiger partial charge in [-0.1, -0.05) is 23.4 Å². The Labute approximate surface area is 116 Å². The summed E-state index contributed by atoms with van der Waals surface area (Å²) in [6, 6.07) is 8.72. The van der Waals surface area contributed by atoms with Gasteiger partial charge in [0.15, 0.2) is 0 Å². The predicted molar refractivity (Wildman–Crippen MR) is 73.0 cm³/mol. The molecule has 4 heteroatoms. The van der Waals surface area contributed by atoms with Crippen LogP contribution in [-0.4, -0.2) is 18.1 Å². The lowest BCUT2D eigenvalue weighted by molar-refractivity contribution is 0.0600.